The van der Waals surface area contributed by atoms with E-state index in [0.717, 1.165) is 49.3 Å². The zero-order valence-corrected chi connectivity index (χ0v) is 20.2. The number of likely N-dealkylation sites (tertiary alicyclic amines) is 1. The molecule has 6 nitrogen and oxygen atoms in total. The number of hydrogen-bond acceptors (Lipinski definition) is 4. The molecule has 0 bridgehead atoms. The van der Waals surface area contributed by atoms with Crippen LogP contribution in [-0.4, -0.2) is 73.2 Å². The topological polar surface area (TPSA) is 59.1 Å². The third kappa shape index (κ3) is 4.37. The molecule has 0 unspecified atom stereocenters. The molecule has 1 spiro atoms. The first-order valence-corrected chi connectivity index (χ1v) is 12.4. The smallest absolute Gasteiger partial charge is 0.257 e. The van der Waals surface area contributed by atoms with Crippen LogP contribution in [-0.2, 0) is 14.3 Å². The quantitative estimate of drug-likeness (QED) is 0.697. The first kappa shape index (κ1) is 23.1. The van der Waals surface area contributed by atoms with Crippen molar-refractivity contribution in [1.29, 1.82) is 0 Å². The fourth-order valence-corrected chi connectivity index (χ4v) is 5.87. The highest BCUT2D eigenvalue weighted by atomic mass is 16.5. The molecule has 180 valence electrons. The Balaban J connectivity index is 1.44. The Bertz CT molecular complexity index is 1030. The van der Waals surface area contributed by atoms with E-state index in [-0.39, 0.29) is 24.3 Å². The van der Waals surface area contributed by atoms with E-state index in [1.165, 1.54) is 0 Å². The van der Waals surface area contributed by atoms with Crippen molar-refractivity contribution in [2.75, 3.05) is 46.0 Å². The van der Waals surface area contributed by atoms with E-state index < -0.39 is 5.60 Å². The molecule has 0 aromatic heterocycles. The molecule has 0 saturated carbocycles. The average Bonchev–Trinajstić information content (AvgIpc) is 3.10. The van der Waals surface area contributed by atoms with Crippen LogP contribution < -0.4 is 0 Å². The largest absolute Gasteiger partial charge is 0.381 e. The third-order valence-electron chi connectivity index (χ3n) is 7.54. The van der Waals surface area contributed by atoms with Crippen molar-refractivity contribution in [3.05, 3.63) is 70.8 Å². The molecule has 3 saturated heterocycles. The second kappa shape index (κ2) is 9.51. The van der Waals surface area contributed by atoms with Crippen LogP contribution in [0.1, 0.15) is 45.8 Å². The minimum absolute atomic E-state index is 0.0192. The first-order valence-electron chi connectivity index (χ1n) is 12.4. The molecule has 0 N–H and O–H groups in total. The maximum absolute atomic E-state index is 14.0. The molecule has 3 fully saturated rings. The summed E-state index contributed by atoms with van der Waals surface area (Å²) in [6.07, 6.45) is 1.95. The van der Waals surface area contributed by atoms with Gasteiger partial charge in [-0.1, -0.05) is 47.5 Å². The van der Waals surface area contributed by atoms with Crippen molar-refractivity contribution >= 4 is 11.8 Å². The molecule has 6 heteroatoms. The van der Waals surface area contributed by atoms with Gasteiger partial charge >= 0.3 is 0 Å². The van der Waals surface area contributed by atoms with Gasteiger partial charge in [0.15, 0.2) is 5.60 Å². The van der Waals surface area contributed by atoms with Crippen LogP contribution >= 0.6 is 0 Å². The molecule has 0 aliphatic carbocycles. The van der Waals surface area contributed by atoms with E-state index >= 15 is 0 Å². The van der Waals surface area contributed by atoms with Gasteiger partial charge in [-0.05, 0) is 50.3 Å². The molecule has 3 heterocycles. The average molecular weight is 463 g/mol. The van der Waals surface area contributed by atoms with Gasteiger partial charge in [-0.25, -0.2) is 0 Å². The lowest BCUT2D eigenvalue weighted by Crippen LogP contribution is -2.59. The molecule has 2 atom stereocenters. The van der Waals surface area contributed by atoms with Gasteiger partial charge in [0.1, 0.15) is 0 Å². The Morgan fingerprint density at radius 2 is 1.74 bits per heavy atom. The fourth-order valence-electron chi connectivity index (χ4n) is 5.87. The molecular weight excluding hydrogens is 428 g/mol. The number of rotatable bonds is 4. The number of amides is 2. The summed E-state index contributed by atoms with van der Waals surface area (Å²) in [7, 11) is 0. The highest BCUT2D eigenvalue weighted by molar-refractivity contribution is 5.96. The number of carbonyl (C=O) groups excluding carboxylic acids is 2. The second-order valence-corrected chi connectivity index (χ2v) is 10.1. The highest BCUT2D eigenvalue weighted by Crippen LogP contribution is 2.43. The molecule has 2 aromatic carbocycles. The van der Waals surface area contributed by atoms with Crippen molar-refractivity contribution in [3.8, 4) is 0 Å². The van der Waals surface area contributed by atoms with E-state index in [9.17, 15) is 9.59 Å². The van der Waals surface area contributed by atoms with E-state index in [1.54, 1.807) is 0 Å². The minimum Gasteiger partial charge on any atom is -0.381 e. The Labute approximate surface area is 201 Å². The predicted octanol–water partition coefficient (Wildman–Crippen LogP) is 3.57. The Morgan fingerprint density at radius 3 is 2.44 bits per heavy atom. The van der Waals surface area contributed by atoms with E-state index in [4.69, 9.17) is 9.47 Å². The van der Waals surface area contributed by atoms with Crippen LogP contribution in [0.3, 0.4) is 0 Å². The lowest BCUT2D eigenvalue weighted by molar-refractivity contribution is -0.160. The van der Waals surface area contributed by atoms with Gasteiger partial charge in [0.2, 0.25) is 0 Å². The molecule has 2 amide bonds. The predicted molar refractivity (Wildman–Crippen MR) is 130 cm³/mol. The summed E-state index contributed by atoms with van der Waals surface area (Å²) in [6, 6.07) is 16.1. The summed E-state index contributed by atoms with van der Waals surface area (Å²) < 4.78 is 11.9. The normalized spacial score (nSPS) is 25.8. The van der Waals surface area contributed by atoms with Gasteiger partial charge in [0.25, 0.3) is 11.8 Å². The van der Waals surface area contributed by atoms with Crippen molar-refractivity contribution < 1.29 is 19.1 Å². The molecule has 3 aliphatic heterocycles. The SMILES string of the molecule is Cc1cc(C)cc(C(=O)N2CCO[C@@]3(C2)C(=O)N(CC2CCOCC2)C[C@@H]3c2ccccc2)c1. The summed E-state index contributed by atoms with van der Waals surface area (Å²) >= 11 is 0. The van der Waals surface area contributed by atoms with Crippen LogP contribution in [0.4, 0.5) is 0 Å². The van der Waals surface area contributed by atoms with Crippen LogP contribution in [0.25, 0.3) is 0 Å². The summed E-state index contributed by atoms with van der Waals surface area (Å²) in [5.74, 6) is 0.319. The van der Waals surface area contributed by atoms with Crippen molar-refractivity contribution in [1.82, 2.24) is 9.80 Å². The van der Waals surface area contributed by atoms with Gasteiger partial charge < -0.3 is 19.3 Å². The Kier molecular flexibility index (Phi) is 6.45. The zero-order valence-electron chi connectivity index (χ0n) is 20.2. The summed E-state index contributed by atoms with van der Waals surface area (Å²) in [6.45, 7) is 7.99. The molecular formula is C28H34N2O4. The molecule has 5 rings (SSSR count). The van der Waals surface area contributed by atoms with E-state index in [0.29, 0.717) is 31.2 Å². The number of hydrogen-bond donors (Lipinski definition) is 0. The minimum atomic E-state index is -1.04. The number of ether oxygens (including phenoxy) is 2. The Hall–Kier alpha value is -2.70. The summed E-state index contributed by atoms with van der Waals surface area (Å²) in [5, 5.41) is 0. The van der Waals surface area contributed by atoms with Crippen molar-refractivity contribution in [2.45, 2.75) is 38.2 Å². The summed E-state index contributed by atoms with van der Waals surface area (Å²) in [4.78, 5) is 31.3. The number of aryl methyl sites for hydroxylation is 2. The molecule has 3 aliphatic rings. The van der Waals surface area contributed by atoms with Crippen molar-refractivity contribution in [3.63, 3.8) is 0 Å². The first-order chi connectivity index (χ1) is 16.5. The summed E-state index contributed by atoms with van der Waals surface area (Å²) in [5.41, 5.74) is 2.85. The molecule has 34 heavy (non-hydrogen) atoms. The monoisotopic (exact) mass is 462 g/mol. The number of morpholine rings is 1. The van der Waals surface area contributed by atoms with E-state index in [1.807, 2.05) is 54.0 Å². The number of carbonyl (C=O) groups is 2. The number of nitrogens with zero attached hydrogens (tertiary/aromatic N) is 2. The second-order valence-electron chi connectivity index (χ2n) is 10.1. The third-order valence-corrected chi connectivity index (χ3v) is 7.54. The molecule has 0 radical (unpaired) electrons. The number of benzene rings is 2. The van der Waals surface area contributed by atoms with Crippen molar-refractivity contribution in [2.24, 2.45) is 5.92 Å². The zero-order chi connectivity index (χ0) is 23.7. The lowest BCUT2D eigenvalue weighted by atomic mass is 9.83. The highest BCUT2D eigenvalue weighted by Gasteiger charge is 2.58. The Morgan fingerprint density at radius 1 is 1.03 bits per heavy atom. The van der Waals surface area contributed by atoms with Crippen LogP contribution in [0, 0.1) is 19.8 Å². The van der Waals surface area contributed by atoms with Crippen LogP contribution in [0.2, 0.25) is 0 Å². The van der Waals surface area contributed by atoms with E-state index in [2.05, 4.69) is 18.2 Å². The van der Waals surface area contributed by atoms with Gasteiger partial charge in [-0.2, -0.15) is 0 Å². The van der Waals surface area contributed by atoms with Gasteiger partial charge in [-0.3, -0.25) is 9.59 Å². The van der Waals surface area contributed by atoms with Gasteiger partial charge in [-0.15, -0.1) is 0 Å². The van der Waals surface area contributed by atoms with Gasteiger partial charge in [0, 0.05) is 44.3 Å². The van der Waals surface area contributed by atoms with Crippen LogP contribution in [0.15, 0.2) is 48.5 Å². The maximum atomic E-state index is 14.0. The molecule has 2 aromatic rings. The van der Waals surface area contributed by atoms with Crippen LogP contribution in [0.5, 0.6) is 0 Å². The standard InChI is InChI=1S/C28H34N2O4/c1-20-14-21(2)16-24(15-20)26(31)29-10-13-34-28(19-29)25(23-6-4-3-5-7-23)18-30(27(28)32)17-22-8-11-33-12-9-22/h3-7,14-16,22,25H,8-13,17-19H2,1-2H3/t25-,28-/m1/s1. The fraction of sp³-hybridized carbons (Fsp3) is 0.500. The van der Waals surface area contributed by atoms with Gasteiger partial charge in [0.05, 0.1) is 13.2 Å². The maximum Gasteiger partial charge on any atom is 0.257 e. The lowest BCUT2D eigenvalue weighted by Gasteiger charge is -2.42.